The number of hydrogen-bond donors (Lipinski definition) is 0. The molecule has 5 nitrogen and oxygen atoms in total. The van der Waals surface area contributed by atoms with E-state index >= 15 is 0 Å². The van der Waals surface area contributed by atoms with Crippen LogP contribution in [0.25, 0.3) is 0 Å². The zero-order valence-electron chi connectivity index (χ0n) is 11.1. The highest BCUT2D eigenvalue weighted by atomic mass is 31.2. The Labute approximate surface area is 108 Å². The number of fused-ring (bicyclic) bond motifs is 1. The van der Waals surface area contributed by atoms with Crippen LogP contribution in [0.3, 0.4) is 0 Å². The molecule has 0 aromatic heterocycles. The van der Waals surface area contributed by atoms with Crippen LogP contribution in [-0.2, 0) is 23.1 Å². The van der Waals surface area contributed by atoms with Crippen LogP contribution in [-0.4, -0.2) is 26.1 Å². The van der Waals surface area contributed by atoms with Crippen molar-refractivity contribution in [2.24, 2.45) is 11.8 Å². The molecule has 0 N–H and O–H groups in total. The first-order valence-electron chi connectivity index (χ1n) is 6.50. The summed E-state index contributed by atoms with van der Waals surface area (Å²) < 4.78 is 34.4. The largest absolute Gasteiger partial charge is 0.456 e. The molecule has 2 aliphatic rings. The van der Waals surface area contributed by atoms with Crippen LogP contribution in [0, 0.1) is 11.8 Å². The van der Waals surface area contributed by atoms with E-state index in [2.05, 4.69) is 6.92 Å². The van der Waals surface area contributed by atoms with Gasteiger partial charge in [-0.25, -0.2) is 0 Å². The number of rotatable bonds is 5. The van der Waals surface area contributed by atoms with Gasteiger partial charge in [0, 0.05) is 5.92 Å². The molecule has 1 fully saturated rings. The van der Waals surface area contributed by atoms with Crippen molar-refractivity contribution in [1.29, 1.82) is 0 Å². The quantitative estimate of drug-likeness (QED) is 0.722. The zero-order chi connectivity index (χ0) is 13.2. The lowest BCUT2D eigenvalue weighted by atomic mass is 9.91. The Bertz CT molecular complexity index is 357. The van der Waals surface area contributed by atoms with Crippen LogP contribution in [0.1, 0.15) is 27.2 Å². The van der Waals surface area contributed by atoms with E-state index in [1.807, 2.05) is 6.08 Å². The molecule has 18 heavy (non-hydrogen) atoms. The highest BCUT2D eigenvalue weighted by Crippen LogP contribution is 2.59. The van der Waals surface area contributed by atoms with E-state index in [-0.39, 0.29) is 12.2 Å². The summed E-state index contributed by atoms with van der Waals surface area (Å²) in [7, 11) is -3.32. The monoisotopic (exact) mass is 276 g/mol. The number of hydrogen-bond acceptors (Lipinski definition) is 5. The van der Waals surface area contributed by atoms with Crippen molar-refractivity contribution in [1.82, 2.24) is 0 Å². The van der Waals surface area contributed by atoms with Gasteiger partial charge in [-0.15, -0.1) is 0 Å². The average Bonchev–Trinajstić information content (AvgIpc) is 2.78. The molecule has 0 spiro atoms. The first-order valence-corrected chi connectivity index (χ1v) is 8.04. The normalized spacial score (nSPS) is 31.7. The van der Waals surface area contributed by atoms with Crippen molar-refractivity contribution in [3.63, 3.8) is 0 Å². The van der Waals surface area contributed by atoms with Gasteiger partial charge in [0.2, 0.25) is 11.8 Å². The second-order valence-corrected chi connectivity index (χ2v) is 6.46. The van der Waals surface area contributed by atoms with Gasteiger partial charge in [0.15, 0.2) is 0 Å². The number of ether oxygens (including phenoxy) is 2. The Morgan fingerprint density at radius 2 is 2.06 bits per heavy atom. The van der Waals surface area contributed by atoms with Crippen LogP contribution in [0.2, 0.25) is 0 Å². The number of allylic oxidation sites excluding steroid dienone is 1. The molecule has 0 aromatic rings. The van der Waals surface area contributed by atoms with Crippen LogP contribution in [0.15, 0.2) is 11.6 Å². The van der Waals surface area contributed by atoms with E-state index in [1.54, 1.807) is 13.8 Å². The van der Waals surface area contributed by atoms with Gasteiger partial charge in [0.1, 0.15) is 0 Å². The van der Waals surface area contributed by atoms with Gasteiger partial charge in [-0.2, -0.15) is 0 Å². The lowest BCUT2D eigenvalue weighted by molar-refractivity contribution is -0.112. The molecule has 2 heterocycles. The van der Waals surface area contributed by atoms with E-state index in [0.717, 1.165) is 6.42 Å². The Hall–Kier alpha value is -0.350. The Morgan fingerprint density at radius 1 is 1.39 bits per heavy atom. The molecule has 0 bridgehead atoms. The Kier molecular flexibility index (Phi) is 4.49. The minimum Gasteiger partial charge on any atom is -0.456 e. The molecular formula is C12H21O5P. The fourth-order valence-corrected chi connectivity index (χ4v) is 4.04. The van der Waals surface area contributed by atoms with E-state index in [1.165, 1.54) is 0 Å². The minimum absolute atomic E-state index is 0.260. The molecule has 0 amide bonds. The standard InChI is InChI=1S/C12H21O5P/c1-4-15-18(13,16-5-2)11-8-9(3)10-6-7-14-12(10)17-11/h8-10,12H,4-7H2,1-3H3/t9-,10-,12+/m1/s1. The summed E-state index contributed by atoms with van der Waals surface area (Å²) in [6, 6.07) is 0. The third-order valence-electron chi connectivity index (χ3n) is 3.27. The molecular weight excluding hydrogens is 255 g/mol. The van der Waals surface area contributed by atoms with Crippen molar-refractivity contribution in [2.45, 2.75) is 33.5 Å². The maximum atomic E-state index is 12.6. The van der Waals surface area contributed by atoms with E-state index in [9.17, 15) is 4.57 Å². The van der Waals surface area contributed by atoms with E-state index in [4.69, 9.17) is 18.5 Å². The van der Waals surface area contributed by atoms with Crippen molar-refractivity contribution in [2.75, 3.05) is 19.8 Å². The van der Waals surface area contributed by atoms with Gasteiger partial charge in [-0.1, -0.05) is 6.92 Å². The van der Waals surface area contributed by atoms with Crippen molar-refractivity contribution < 1.29 is 23.1 Å². The fraction of sp³-hybridized carbons (Fsp3) is 0.833. The van der Waals surface area contributed by atoms with Gasteiger partial charge in [0.25, 0.3) is 0 Å². The highest BCUT2D eigenvalue weighted by molar-refractivity contribution is 7.58. The van der Waals surface area contributed by atoms with Crippen molar-refractivity contribution in [3.8, 4) is 0 Å². The molecule has 0 saturated carbocycles. The molecule has 2 aliphatic heterocycles. The summed E-state index contributed by atoms with van der Waals surface area (Å²) in [5, 5.41) is 0. The Morgan fingerprint density at radius 3 is 2.67 bits per heavy atom. The van der Waals surface area contributed by atoms with Crippen LogP contribution in [0.4, 0.5) is 0 Å². The summed E-state index contributed by atoms with van der Waals surface area (Å²) >= 11 is 0. The second kappa shape index (κ2) is 5.74. The molecule has 104 valence electrons. The summed E-state index contributed by atoms with van der Waals surface area (Å²) in [5.74, 6) is 0.598. The first kappa shape index (κ1) is 14.1. The predicted octanol–water partition coefficient (Wildman–Crippen LogP) is 3.12. The minimum atomic E-state index is -3.32. The molecule has 6 heteroatoms. The van der Waals surface area contributed by atoms with Gasteiger partial charge in [-0.3, -0.25) is 4.57 Å². The molecule has 0 aliphatic carbocycles. The lowest BCUT2D eigenvalue weighted by Gasteiger charge is -2.32. The Balaban J connectivity index is 2.20. The molecule has 3 atom stereocenters. The first-order chi connectivity index (χ1) is 8.60. The van der Waals surface area contributed by atoms with Gasteiger partial charge >= 0.3 is 7.60 Å². The fourth-order valence-electron chi connectivity index (χ4n) is 2.38. The van der Waals surface area contributed by atoms with Crippen molar-refractivity contribution in [3.05, 3.63) is 11.6 Å². The van der Waals surface area contributed by atoms with Gasteiger partial charge in [-0.05, 0) is 32.3 Å². The molecule has 0 aromatic carbocycles. The molecule has 0 radical (unpaired) electrons. The molecule has 1 saturated heterocycles. The van der Waals surface area contributed by atoms with E-state index in [0.29, 0.717) is 31.2 Å². The topological polar surface area (TPSA) is 54.0 Å². The summed E-state index contributed by atoms with van der Waals surface area (Å²) in [6.45, 7) is 6.98. The molecule has 2 rings (SSSR count). The maximum absolute atomic E-state index is 12.6. The van der Waals surface area contributed by atoms with E-state index < -0.39 is 7.60 Å². The highest BCUT2D eigenvalue weighted by Gasteiger charge is 2.43. The molecule has 0 unspecified atom stereocenters. The zero-order valence-corrected chi connectivity index (χ0v) is 12.0. The van der Waals surface area contributed by atoms with Gasteiger partial charge in [0.05, 0.1) is 19.8 Å². The predicted molar refractivity (Wildman–Crippen MR) is 67.0 cm³/mol. The lowest BCUT2D eigenvalue weighted by Crippen LogP contribution is -2.29. The van der Waals surface area contributed by atoms with Crippen molar-refractivity contribution >= 4 is 7.60 Å². The van der Waals surface area contributed by atoms with Crippen LogP contribution < -0.4 is 0 Å². The summed E-state index contributed by atoms with van der Waals surface area (Å²) in [5.41, 5.74) is 0.307. The van der Waals surface area contributed by atoms with Gasteiger partial charge < -0.3 is 18.5 Å². The summed E-state index contributed by atoms with van der Waals surface area (Å²) in [4.78, 5) is 0. The summed E-state index contributed by atoms with van der Waals surface area (Å²) in [6.07, 6.45) is 2.53. The maximum Gasteiger partial charge on any atom is 0.395 e. The SMILES string of the molecule is CCOP(=O)(OCC)C1=C[C@@H](C)[C@H]2CCO[C@H]2O1. The van der Waals surface area contributed by atoms with Crippen LogP contribution in [0.5, 0.6) is 0 Å². The third kappa shape index (κ3) is 2.64. The average molecular weight is 276 g/mol. The van der Waals surface area contributed by atoms with Crippen LogP contribution >= 0.6 is 7.60 Å². The second-order valence-electron chi connectivity index (χ2n) is 4.51. The smallest absolute Gasteiger partial charge is 0.395 e. The third-order valence-corrected chi connectivity index (χ3v) is 5.26.